The summed E-state index contributed by atoms with van der Waals surface area (Å²) in [4.78, 5) is 12.1. The van der Waals surface area contributed by atoms with Gasteiger partial charge in [-0.1, -0.05) is 316 Å². The van der Waals surface area contributed by atoms with E-state index in [4.69, 9.17) is 4.74 Å². The average Bonchev–Trinajstić information content (AvgIpc) is 3.23. The number of cyclic esters (lactones) is 1. The van der Waals surface area contributed by atoms with Crippen molar-refractivity contribution < 1.29 is 9.53 Å². The second-order valence-corrected chi connectivity index (χ2v) is 19.4. The molecule has 0 spiro atoms. The molecule has 2 heteroatoms. The van der Waals surface area contributed by atoms with Crippen molar-refractivity contribution in [2.75, 3.05) is 0 Å². The van der Waals surface area contributed by atoms with E-state index in [-0.39, 0.29) is 11.9 Å². The van der Waals surface area contributed by atoms with Gasteiger partial charge in [-0.2, -0.15) is 0 Å². The van der Waals surface area contributed by atoms with Crippen LogP contribution in [0.4, 0.5) is 0 Å². The highest BCUT2D eigenvalue weighted by Gasteiger charge is 2.36. The zero-order valence-corrected chi connectivity index (χ0v) is 40.3. The van der Waals surface area contributed by atoms with Crippen molar-refractivity contribution in [3.8, 4) is 0 Å². The lowest BCUT2D eigenvalue weighted by Crippen LogP contribution is -2.32. The molecule has 0 bridgehead atoms. The summed E-state index contributed by atoms with van der Waals surface area (Å²) in [6.07, 6.45) is 72.9. The highest BCUT2D eigenvalue weighted by molar-refractivity contribution is 5.82. The molecule has 0 aliphatic carbocycles. The van der Waals surface area contributed by atoms with Crippen molar-refractivity contribution in [1.82, 2.24) is 0 Å². The van der Waals surface area contributed by atoms with E-state index in [1.54, 1.807) is 0 Å². The minimum Gasteiger partial charge on any atom is -0.430 e. The van der Waals surface area contributed by atoms with Gasteiger partial charge in [0.1, 0.15) is 11.7 Å². The summed E-state index contributed by atoms with van der Waals surface area (Å²) in [5, 5.41) is 0. The van der Waals surface area contributed by atoms with Gasteiger partial charge in [0, 0.05) is 0 Å². The summed E-state index contributed by atoms with van der Waals surface area (Å²) < 4.78 is 5.43. The van der Waals surface area contributed by atoms with E-state index in [9.17, 15) is 4.79 Å². The van der Waals surface area contributed by atoms with E-state index in [2.05, 4.69) is 19.9 Å². The first-order valence-corrected chi connectivity index (χ1v) is 27.7. The van der Waals surface area contributed by atoms with Crippen LogP contribution in [0, 0.1) is 5.92 Å². The van der Waals surface area contributed by atoms with Gasteiger partial charge in [-0.25, -0.2) is 0 Å². The number of hydrogen-bond acceptors (Lipinski definition) is 2. The molecule has 0 saturated carbocycles. The lowest BCUT2D eigenvalue weighted by Gasteiger charge is -2.28. The third-order valence-corrected chi connectivity index (χ3v) is 13.6. The Bertz CT molecular complexity index is 830. The van der Waals surface area contributed by atoms with E-state index >= 15 is 0 Å². The number of hydrogen-bond donors (Lipinski definition) is 0. The molecule has 58 heavy (non-hydrogen) atoms. The highest BCUT2D eigenvalue weighted by atomic mass is 16.6. The largest absolute Gasteiger partial charge is 0.430 e. The van der Waals surface area contributed by atoms with Gasteiger partial charge in [0.2, 0.25) is 0 Å². The molecule has 1 saturated heterocycles. The summed E-state index contributed by atoms with van der Waals surface area (Å²) in [6.45, 7) is 4.61. The van der Waals surface area contributed by atoms with Gasteiger partial charge >= 0.3 is 5.97 Å². The number of ether oxygens (including phenoxy) is 1. The third kappa shape index (κ3) is 39.4. The summed E-state index contributed by atoms with van der Waals surface area (Å²) in [6, 6.07) is 0. The molecule has 1 heterocycles. The summed E-state index contributed by atoms with van der Waals surface area (Å²) in [5.74, 6) is 1.10. The van der Waals surface area contributed by atoms with E-state index in [1.807, 2.05) is 0 Å². The van der Waals surface area contributed by atoms with Crippen LogP contribution in [0.3, 0.4) is 0 Å². The lowest BCUT2D eigenvalue weighted by atomic mass is 9.93. The van der Waals surface area contributed by atoms with Gasteiger partial charge in [-0.15, -0.1) is 0 Å². The third-order valence-electron chi connectivity index (χ3n) is 13.6. The molecule has 1 aliphatic heterocycles. The SMILES string of the molecule is CCCCCCCCCCCCCCCCCCCCCCCCCCC=C1OC(=O)C1CCCCCCCCCCCCCCCCCCCCCCCCCC. The summed E-state index contributed by atoms with van der Waals surface area (Å²) >= 11 is 0. The molecule has 1 rings (SSSR count). The second-order valence-electron chi connectivity index (χ2n) is 19.4. The van der Waals surface area contributed by atoms with Crippen LogP contribution in [0.2, 0.25) is 0 Å². The predicted octanol–water partition coefficient (Wildman–Crippen LogP) is 20.6. The number of carbonyl (C=O) groups is 1. The summed E-state index contributed by atoms with van der Waals surface area (Å²) in [7, 11) is 0. The van der Waals surface area contributed by atoms with E-state index in [0.717, 1.165) is 18.6 Å². The van der Waals surface area contributed by atoms with E-state index in [1.165, 1.54) is 308 Å². The quantitative estimate of drug-likeness (QED) is 0.0452. The van der Waals surface area contributed by atoms with Crippen molar-refractivity contribution in [3.63, 3.8) is 0 Å². The van der Waals surface area contributed by atoms with E-state index in [0.29, 0.717) is 0 Å². The highest BCUT2D eigenvalue weighted by Crippen LogP contribution is 2.32. The number of esters is 1. The van der Waals surface area contributed by atoms with Gasteiger partial charge in [-0.05, 0) is 25.3 Å². The minimum absolute atomic E-state index is 0.0277. The number of rotatable bonds is 50. The van der Waals surface area contributed by atoms with Crippen molar-refractivity contribution >= 4 is 5.97 Å². The number of allylic oxidation sites excluding steroid dienone is 1. The first kappa shape index (κ1) is 55.2. The minimum atomic E-state index is 0.0277. The molecule has 0 radical (unpaired) electrons. The number of unbranched alkanes of at least 4 members (excludes halogenated alkanes) is 47. The van der Waals surface area contributed by atoms with Crippen molar-refractivity contribution in [2.45, 2.75) is 335 Å². The average molecular weight is 813 g/mol. The maximum absolute atomic E-state index is 12.1. The molecule has 0 aromatic heterocycles. The topological polar surface area (TPSA) is 26.3 Å². The Labute approximate surface area is 366 Å². The Morgan fingerprint density at radius 3 is 0.741 bits per heavy atom. The van der Waals surface area contributed by atoms with Crippen LogP contribution in [0.1, 0.15) is 335 Å². The first-order valence-electron chi connectivity index (χ1n) is 27.7. The lowest BCUT2D eigenvalue weighted by molar-refractivity contribution is -0.157. The van der Waals surface area contributed by atoms with Gasteiger partial charge in [-0.3, -0.25) is 4.79 Å². The smallest absolute Gasteiger partial charge is 0.321 e. The molecule has 1 fully saturated rings. The maximum Gasteiger partial charge on any atom is 0.321 e. The van der Waals surface area contributed by atoms with Crippen molar-refractivity contribution in [3.05, 3.63) is 11.8 Å². The number of carbonyl (C=O) groups excluding carboxylic acids is 1. The Balaban J connectivity index is 1.75. The van der Waals surface area contributed by atoms with Crippen LogP contribution in [0.5, 0.6) is 0 Å². The van der Waals surface area contributed by atoms with Crippen molar-refractivity contribution in [1.29, 1.82) is 0 Å². The van der Waals surface area contributed by atoms with Gasteiger partial charge in [0.05, 0.1) is 0 Å². The van der Waals surface area contributed by atoms with Crippen LogP contribution in [0.25, 0.3) is 0 Å². The molecule has 1 unspecified atom stereocenters. The van der Waals surface area contributed by atoms with Gasteiger partial charge < -0.3 is 4.74 Å². The van der Waals surface area contributed by atoms with Crippen LogP contribution in [0.15, 0.2) is 11.8 Å². The predicted molar refractivity (Wildman–Crippen MR) is 260 cm³/mol. The molecular formula is C56H108O2. The Kier molecular flexibility index (Phi) is 45.0. The Morgan fingerprint density at radius 2 is 0.517 bits per heavy atom. The monoisotopic (exact) mass is 813 g/mol. The fourth-order valence-electron chi connectivity index (χ4n) is 9.42. The molecule has 0 aromatic rings. The standard InChI is InChI=1S/C56H108O2/c1-3-5-7-9-11-13-15-17-19-21-23-25-27-29-31-33-35-37-39-41-43-45-47-49-51-53-55-54(56(57)58-55)52-50-48-46-44-42-40-38-36-34-32-30-28-26-24-22-20-18-16-14-12-10-8-6-4-2/h53-54H,3-52H2,1-2H3. The second kappa shape index (κ2) is 47.3. The van der Waals surface area contributed by atoms with Crippen LogP contribution in [-0.2, 0) is 9.53 Å². The first-order chi connectivity index (χ1) is 28.8. The van der Waals surface area contributed by atoms with E-state index < -0.39 is 0 Å². The molecule has 2 nitrogen and oxygen atoms in total. The molecule has 1 aliphatic rings. The fourth-order valence-corrected chi connectivity index (χ4v) is 9.42. The van der Waals surface area contributed by atoms with Crippen LogP contribution < -0.4 is 0 Å². The normalized spacial score (nSPS) is 14.8. The molecule has 1 atom stereocenters. The zero-order valence-electron chi connectivity index (χ0n) is 40.3. The van der Waals surface area contributed by atoms with Crippen LogP contribution in [-0.4, -0.2) is 5.97 Å². The molecule has 344 valence electrons. The fraction of sp³-hybridized carbons (Fsp3) is 0.946. The maximum atomic E-state index is 12.1. The summed E-state index contributed by atoms with van der Waals surface area (Å²) in [5.41, 5.74) is 0. The molecule has 0 aromatic carbocycles. The molecule has 0 N–H and O–H groups in total. The zero-order chi connectivity index (χ0) is 41.5. The Hall–Kier alpha value is -0.790. The van der Waals surface area contributed by atoms with Gasteiger partial charge in [0.15, 0.2) is 0 Å². The van der Waals surface area contributed by atoms with Crippen LogP contribution >= 0.6 is 0 Å². The van der Waals surface area contributed by atoms with Crippen molar-refractivity contribution in [2.24, 2.45) is 5.92 Å². The van der Waals surface area contributed by atoms with Gasteiger partial charge in [0.25, 0.3) is 0 Å². The molecular weight excluding hydrogens is 705 g/mol. The Morgan fingerprint density at radius 1 is 0.310 bits per heavy atom. The molecule has 0 amide bonds.